The van der Waals surface area contributed by atoms with Crippen LogP contribution in [0.4, 0.5) is 4.79 Å². The van der Waals surface area contributed by atoms with E-state index in [1.165, 1.54) is 19.1 Å². The zero-order valence-electron chi connectivity index (χ0n) is 10.7. The molecule has 0 radical (unpaired) electrons. The smallest absolute Gasteiger partial charge is 0.410 e. The molecule has 1 aliphatic heterocycles. The second kappa shape index (κ2) is 5.61. The van der Waals surface area contributed by atoms with E-state index in [0.29, 0.717) is 13.0 Å². The lowest BCUT2D eigenvalue weighted by molar-refractivity contribution is -0.146. The largest absolute Gasteiger partial charge is 0.467 e. The summed E-state index contributed by atoms with van der Waals surface area (Å²) in [6, 6.07) is 5.10. The number of benzene rings is 1. The van der Waals surface area contributed by atoms with E-state index in [9.17, 15) is 9.59 Å². The van der Waals surface area contributed by atoms with Crippen molar-refractivity contribution in [2.75, 3.05) is 14.2 Å². The number of rotatable bonds is 1. The van der Waals surface area contributed by atoms with Crippen LogP contribution in [0.15, 0.2) is 22.7 Å². The van der Waals surface area contributed by atoms with Crippen LogP contribution < -0.4 is 0 Å². The maximum Gasteiger partial charge on any atom is 0.410 e. The second-order valence-corrected chi connectivity index (χ2v) is 5.07. The second-order valence-electron chi connectivity index (χ2n) is 4.22. The molecule has 0 bridgehead atoms. The average Bonchev–Trinajstić information content (AvgIpc) is 2.44. The average molecular weight is 328 g/mol. The van der Waals surface area contributed by atoms with E-state index >= 15 is 0 Å². The van der Waals surface area contributed by atoms with Crippen LogP contribution in [0.1, 0.15) is 11.1 Å². The number of carbonyl (C=O) groups is 2. The van der Waals surface area contributed by atoms with Gasteiger partial charge in [-0.3, -0.25) is 4.90 Å². The van der Waals surface area contributed by atoms with Crippen LogP contribution >= 0.6 is 15.9 Å². The van der Waals surface area contributed by atoms with Gasteiger partial charge in [0.2, 0.25) is 0 Å². The summed E-state index contributed by atoms with van der Waals surface area (Å²) < 4.78 is 10.4. The molecule has 6 heteroatoms. The van der Waals surface area contributed by atoms with Gasteiger partial charge >= 0.3 is 12.1 Å². The number of fused-ring (bicyclic) bond motifs is 1. The lowest BCUT2D eigenvalue weighted by Crippen LogP contribution is -2.49. The molecule has 2 rings (SSSR count). The van der Waals surface area contributed by atoms with Gasteiger partial charge < -0.3 is 9.47 Å². The molecule has 1 amide bonds. The van der Waals surface area contributed by atoms with Crippen LogP contribution in [-0.2, 0) is 27.2 Å². The van der Waals surface area contributed by atoms with E-state index in [0.717, 1.165) is 15.6 Å². The Morgan fingerprint density at radius 1 is 1.32 bits per heavy atom. The van der Waals surface area contributed by atoms with Crippen molar-refractivity contribution in [2.24, 2.45) is 0 Å². The molecule has 19 heavy (non-hydrogen) atoms. The van der Waals surface area contributed by atoms with Gasteiger partial charge in [0, 0.05) is 10.9 Å². The monoisotopic (exact) mass is 327 g/mol. The fourth-order valence-corrected chi connectivity index (χ4v) is 2.80. The van der Waals surface area contributed by atoms with E-state index in [2.05, 4.69) is 15.9 Å². The van der Waals surface area contributed by atoms with Gasteiger partial charge in [-0.1, -0.05) is 28.1 Å². The third-order valence-electron chi connectivity index (χ3n) is 3.21. The van der Waals surface area contributed by atoms with Gasteiger partial charge in [0.25, 0.3) is 0 Å². The molecule has 1 aromatic carbocycles. The van der Waals surface area contributed by atoms with Crippen molar-refractivity contribution in [3.63, 3.8) is 0 Å². The Hall–Kier alpha value is -1.56. The molecule has 0 N–H and O–H groups in total. The molecule has 0 spiro atoms. The third kappa shape index (κ3) is 2.58. The molecule has 1 atom stereocenters. The molecule has 1 aromatic rings. The Morgan fingerprint density at radius 3 is 2.68 bits per heavy atom. The van der Waals surface area contributed by atoms with Gasteiger partial charge in [-0.2, -0.15) is 0 Å². The van der Waals surface area contributed by atoms with Crippen LogP contribution in [0.25, 0.3) is 0 Å². The molecule has 0 fully saturated rings. The molecule has 0 aromatic heterocycles. The summed E-state index contributed by atoms with van der Waals surface area (Å²) in [7, 11) is 2.61. The van der Waals surface area contributed by atoms with Crippen molar-refractivity contribution in [1.82, 2.24) is 4.90 Å². The third-order valence-corrected chi connectivity index (χ3v) is 3.96. The summed E-state index contributed by atoms with van der Waals surface area (Å²) in [5.41, 5.74) is 2.03. The Balaban J connectivity index is 2.39. The maximum absolute atomic E-state index is 11.8. The lowest BCUT2D eigenvalue weighted by Gasteiger charge is -2.34. The first-order chi connectivity index (χ1) is 9.08. The first-order valence-corrected chi connectivity index (χ1v) is 6.56. The minimum absolute atomic E-state index is 0.335. The lowest BCUT2D eigenvalue weighted by atomic mass is 9.94. The summed E-state index contributed by atoms with van der Waals surface area (Å²) in [5.74, 6) is -0.438. The predicted octanol–water partition coefficient (Wildman–Crippen LogP) is 2.12. The highest BCUT2D eigenvalue weighted by Crippen LogP contribution is 2.30. The van der Waals surface area contributed by atoms with E-state index in [4.69, 9.17) is 9.47 Å². The Labute approximate surface area is 119 Å². The fourth-order valence-electron chi connectivity index (χ4n) is 2.23. The van der Waals surface area contributed by atoms with Crippen LogP contribution in [0, 0.1) is 0 Å². The molecule has 0 aliphatic carbocycles. The minimum atomic E-state index is -0.649. The summed E-state index contributed by atoms with van der Waals surface area (Å²) in [6.07, 6.45) is -0.112. The van der Waals surface area contributed by atoms with E-state index in [1.807, 2.05) is 18.2 Å². The van der Waals surface area contributed by atoms with E-state index in [1.54, 1.807) is 0 Å². The molecule has 0 saturated heterocycles. The molecule has 1 heterocycles. The quantitative estimate of drug-likeness (QED) is 0.741. The van der Waals surface area contributed by atoms with Crippen molar-refractivity contribution < 1.29 is 19.1 Å². The maximum atomic E-state index is 11.8. The molecule has 0 saturated carbocycles. The predicted molar refractivity (Wildman–Crippen MR) is 71.6 cm³/mol. The van der Waals surface area contributed by atoms with Crippen molar-refractivity contribution in [3.05, 3.63) is 33.8 Å². The van der Waals surface area contributed by atoms with Crippen molar-refractivity contribution in [1.29, 1.82) is 0 Å². The Bertz CT molecular complexity index is 517. The van der Waals surface area contributed by atoms with Crippen LogP contribution in [0.3, 0.4) is 0 Å². The molecule has 5 nitrogen and oxygen atoms in total. The van der Waals surface area contributed by atoms with Gasteiger partial charge in [-0.05, 0) is 17.2 Å². The summed E-state index contributed by atoms with van der Waals surface area (Å²) in [6.45, 7) is 0.335. The van der Waals surface area contributed by atoms with Gasteiger partial charge in [0.1, 0.15) is 6.04 Å². The normalized spacial score (nSPS) is 17.6. The number of carbonyl (C=O) groups excluding carboxylic acids is 2. The number of nitrogens with zero attached hydrogens (tertiary/aromatic N) is 1. The number of hydrogen-bond donors (Lipinski definition) is 0. The molecular formula is C13H14BrNO4. The van der Waals surface area contributed by atoms with Crippen molar-refractivity contribution in [3.8, 4) is 0 Å². The van der Waals surface area contributed by atoms with Crippen LogP contribution in [0.2, 0.25) is 0 Å². The van der Waals surface area contributed by atoms with Gasteiger partial charge in [0.05, 0.1) is 20.8 Å². The van der Waals surface area contributed by atoms with Crippen LogP contribution in [0.5, 0.6) is 0 Å². The molecule has 0 unspecified atom stereocenters. The summed E-state index contributed by atoms with van der Waals surface area (Å²) >= 11 is 3.47. The first kappa shape index (κ1) is 13.9. The van der Waals surface area contributed by atoms with E-state index < -0.39 is 18.1 Å². The molecule has 102 valence electrons. The highest BCUT2D eigenvalue weighted by atomic mass is 79.9. The highest BCUT2D eigenvalue weighted by molar-refractivity contribution is 9.10. The minimum Gasteiger partial charge on any atom is -0.467 e. The SMILES string of the molecule is COC(=O)[C@H]1Cc2c(Br)cccc2CN1C(=O)OC. The van der Waals surface area contributed by atoms with Gasteiger partial charge in [-0.25, -0.2) is 9.59 Å². The Morgan fingerprint density at radius 2 is 2.05 bits per heavy atom. The highest BCUT2D eigenvalue weighted by Gasteiger charge is 2.36. The first-order valence-electron chi connectivity index (χ1n) is 5.77. The number of amides is 1. The van der Waals surface area contributed by atoms with Crippen molar-refractivity contribution >= 4 is 28.0 Å². The number of esters is 1. The summed E-state index contributed by atoms with van der Waals surface area (Å²) in [4.78, 5) is 25.0. The zero-order chi connectivity index (χ0) is 14.0. The Kier molecular flexibility index (Phi) is 4.09. The van der Waals surface area contributed by atoms with E-state index in [-0.39, 0.29) is 0 Å². The summed E-state index contributed by atoms with van der Waals surface area (Å²) in [5, 5.41) is 0. The number of hydrogen-bond acceptors (Lipinski definition) is 4. The van der Waals surface area contributed by atoms with Gasteiger partial charge in [-0.15, -0.1) is 0 Å². The van der Waals surface area contributed by atoms with Gasteiger partial charge in [0.15, 0.2) is 0 Å². The zero-order valence-corrected chi connectivity index (χ0v) is 12.3. The molecular weight excluding hydrogens is 314 g/mol. The number of methoxy groups -OCH3 is 2. The topological polar surface area (TPSA) is 55.8 Å². The standard InChI is InChI=1S/C13H14BrNO4/c1-18-12(16)11-6-9-8(4-3-5-10(9)14)7-15(11)13(17)19-2/h3-5,11H,6-7H2,1-2H3/t11-/m1/s1. The number of halogens is 1. The van der Waals surface area contributed by atoms with Crippen LogP contribution in [-0.4, -0.2) is 37.2 Å². The fraction of sp³-hybridized carbons (Fsp3) is 0.385. The number of ether oxygens (including phenoxy) is 2. The van der Waals surface area contributed by atoms with Crippen molar-refractivity contribution in [2.45, 2.75) is 19.0 Å². The molecule has 1 aliphatic rings.